The van der Waals surface area contributed by atoms with E-state index in [1.165, 1.54) is 27.6 Å². The van der Waals surface area contributed by atoms with Crippen LogP contribution in [0.2, 0.25) is 0 Å². The van der Waals surface area contributed by atoms with Crippen molar-refractivity contribution in [3.8, 4) is 45.1 Å². The van der Waals surface area contributed by atoms with E-state index in [9.17, 15) is 5.11 Å². The summed E-state index contributed by atoms with van der Waals surface area (Å²) in [6, 6.07) is 58.3. The van der Waals surface area contributed by atoms with Crippen LogP contribution in [0.1, 0.15) is 103 Å². The molecule has 9 aromatic carbocycles. The molecule has 7 heteroatoms. The summed E-state index contributed by atoms with van der Waals surface area (Å²) in [5.74, 6) is 1.24. The minimum absolute atomic E-state index is 0.149. The summed E-state index contributed by atoms with van der Waals surface area (Å²) in [6.45, 7) is 22.4. The third kappa shape index (κ3) is 7.02. The predicted octanol–water partition coefficient (Wildman–Crippen LogP) is 19.5. The zero-order valence-electron chi connectivity index (χ0n) is 45.3. The van der Waals surface area contributed by atoms with Crippen molar-refractivity contribution in [1.82, 2.24) is 18.9 Å². The van der Waals surface area contributed by atoms with Crippen LogP contribution in [0.4, 0.5) is 0 Å². The molecule has 0 aliphatic rings. The van der Waals surface area contributed by atoms with Crippen molar-refractivity contribution in [2.45, 2.75) is 91.9 Å². The van der Waals surface area contributed by atoms with Crippen LogP contribution >= 0.6 is 0 Å². The van der Waals surface area contributed by atoms with Crippen LogP contribution in [-0.2, 0) is 10.8 Å². The largest absolute Gasteiger partial charge is 0.507 e. The van der Waals surface area contributed by atoms with E-state index in [-0.39, 0.29) is 28.4 Å². The Morgan fingerprint density at radius 3 is 1.84 bits per heavy atom. The quantitative estimate of drug-likeness (QED) is 0.179. The lowest BCUT2D eigenvalue weighted by atomic mass is 9.78. The lowest BCUT2D eigenvalue weighted by Gasteiger charge is -2.28. The zero-order chi connectivity index (χ0) is 53.0. The number of imidazole rings is 2. The third-order valence-corrected chi connectivity index (χ3v) is 16.2. The maximum absolute atomic E-state index is 12.8. The lowest BCUT2D eigenvalue weighted by Crippen LogP contribution is -2.17. The van der Waals surface area contributed by atoms with Crippen molar-refractivity contribution in [2.75, 3.05) is 0 Å². The van der Waals surface area contributed by atoms with Gasteiger partial charge in [0, 0.05) is 38.2 Å². The average molecular weight is 1010 g/mol. The number of hydrogen-bond acceptors (Lipinski definition) is 5. The van der Waals surface area contributed by atoms with Crippen molar-refractivity contribution in [2.24, 2.45) is 0 Å². The first-order valence-electron chi connectivity index (χ1n) is 27.1. The molecule has 77 heavy (non-hydrogen) atoms. The van der Waals surface area contributed by atoms with Gasteiger partial charge < -0.3 is 13.9 Å². The molecule has 0 amide bonds. The first-order chi connectivity index (χ1) is 37.0. The number of para-hydroxylation sites is 3. The molecule has 0 atom stereocenters. The van der Waals surface area contributed by atoms with Crippen molar-refractivity contribution < 1.29 is 13.9 Å². The van der Waals surface area contributed by atoms with Gasteiger partial charge in [-0.2, -0.15) is 0 Å². The molecular weight excluding hydrogens is 945 g/mol. The molecule has 0 bridgehead atoms. The minimum Gasteiger partial charge on any atom is -0.507 e. The maximum atomic E-state index is 12.8. The van der Waals surface area contributed by atoms with E-state index in [0.29, 0.717) is 11.4 Å². The van der Waals surface area contributed by atoms with Crippen LogP contribution in [0.15, 0.2) is 173 Å². The Kier molecular flexibility index (Phi) is 10.1. The van der Waals surface area contributed by atoms with Crippen LogP contribution in [0.25, 0.3) is 133 Å². The monoisotopic (exact) mass is 1000 g/mol. The molecule has 14 aromatic rings. The van der Waals surface area contributed by atoms with Crippen molar-refractivity contribution in [3.63, 3.8) is 0 Å². The fourth-order valence-electron chi connectivity index (χ4n) is 12.3. The number of benzene rings is 9. The number of rotatable bonds is 6. The molecule has 7 nitrogen and oxygen atoms in total. The molecule has 0 fully saturated rings. The second-order valence-corrected chi connectivity index (χ2v) is 23.9. The summed E-state index contributed by atoms with van der Waals surface area (Å²) in [4.78, 5) is 11.5. The fourth-order valence-corrected chi connectivity index (χ4v) is 12.3. The van der Waals surface area contributed by atoms with E-state index in [0.717, 1.165) is 116 Å². The van der Waals surface area contributed by atoms with E-state index < -0.39 is 0 Å². The van der Waals surface area contributed by atoms with E-state index in [1.807, 2.05) is 6.07 Å². The highest BCUT2D eigenvalue weighted by Crippen LogP contribution is 2.49. The van der Waals surface area contributed by atoms with Crippen LogP contribution in [0.5, 0.6) is 5.75 Å². The molecule has 0 spiro atoms. The molecule has 0 aliphatic carbocycles. The molecule has 0 aliphatic heterocycles. The number of aromatic hydroxyl groups is 1. The van der Waals surface area contributed by atoms with Gasteiger partial charge in [0.2, 0.25) is 5.71 Å². The minimum atomic E-state index is -0.357. The number of fused-ring (bicyclic) bond motifs is 16. The van der Waals surface area contributed by atoms with E-state index in [2.05, 4.69) is 236 Å². The molecule has 5 aromatic heterocycles. The highest BCUT2D eigenvalue weighted by atomic mass is 16.3. The molecule has 1 N–H and O–H groups in total. The SMILES string of the molecule is CC(C)c1cc(-c2ccccc2)cc(C(C)C)c1-n1c(-c2cc(C(C)(C)C)cc(C(C)(C)C)c2O)nc2c(-c3cccc4c3nc3c5cc6oc7ccc8ccccc8c7c6cc5c5c6ccccc6oc5n43)cccc21. The van der Waals surface area contributed by atoms with Crippen molar-refractivity contribution >= 4 is 93.3 Å². The number of nitrogens with zero attached hydrogens (tertiary/aromatic N) is 4. The molecule has 0 radical (unpaired) electrons. The Hall–Kier alpha value is -8.68. The first kappa shape index (κ1) is 46.8. The Balaban J connectivity index is 1.10. The number of phenols is 1. The van der Waals surface area contributed by atoms with Gasteiger partial charge in [0.25, 0.3) is 0 Å². The second kappa shape index (κ2) is 16.7. The standard InChI is InChI=1S/C70H60N4O3/c1-38(2)48-32-42(40-20-12-11-13-21-40)33-49(39(3)4)64(48)73-55-27-18-25-45(62(55)72-67(73)53-34-43(69(5,6)7)35-54(65(53)75)70(8,9)10)46-26-19-28-56-63(46)71-66-51-37-59-52(60-44-23-15-14-22-41(44)30-31-58(60)76-59)36-50(51)61-47-24-16-17-29-57(47)77-68(61)74(56)66/h11-39,75H,1-10H3. The average Bonchev–Trinajstić information content (AvgIpc) is 4.29. The fraction of sp³-hybridized carbons (Fsp3) is 0.200. The highest BCUT2D eigenvalue weighted by molar-refractivity contribution is 6.28. The Morgan fingerprint density at radius 2 is 1.14 bits per heavy atom. The topological polar surface area (TPSA) is 81.6 Å². The van der Waals surface area contributed by atoms with Gasteiger partial charge in [-0.1, -0.05) is 178 Å². The van der Waals surface area contributed by atoms with Gasteiger partial charge in [0.05, 0.1) is 38.7 Å². The number of furan rings is 2. The summed E-state index contributed by atoms with van der Waals surface area (Å²) in [6.07, 6.45) is 0. The Labute approximate surface area is 447 Å². The number of hydrogen-bond donors (Lipinski definition) is 1. The summed E-state index contributed by atoms with van der Waals surface area (Å²) >= 11 is 0. The lowest BCUT2D eigenvalue weighted by molar-refractivity contribution is 0.446. The van der Waals surface area contributed by atoms with E-state index in [4.69, 9.17) is 18.8 Å². The molecule has 378 valence electrons. The zero-order valence-corrected chi connectivity index (χ0v) is 45.3. The normalized spacial score (nSPS) is 12.8. The highest BCUT2D eigenvalue weighted by Gasteiger charge is 2.32. The van der Waals surface area contributed by atoms with Gasteiger partial charge in [-0.3, -0.25) is 8.97 Å². The summed E-state index contributed by atoms with van der Waals surface area (Å²) in [5.41, 5.74) is 17.4. The van der Waals surface area contributed by atoms with Crippen LogP contribution in [-0.4, -0.2) is 24.0 Å². The van der Waals surface area contributed by atoms with Crippen LogP contribution in [0, 0.1) is 0 Å². The molecule has 5 heterocycles. The summed E-state index contributed by atoms with van der Waals surface area (Å²) in [7, 11) is 0. The molecule has 14 rings (SSSR count). The van der Waals surface area contributed by atoms with Gasteiger partial charge in [0.1, 0.15) is 34.0 Å². The predicted molar refractivity (Wildman–Crippen MR) is 320 cm³/mol. The van der Waals surface area contributed by atoms with Crippen molar-refractivity contribution in [1.29, 1.82) is 0 Å². The second-order valence-electron chi connectivity index (χ2n) is 23.9. The van der Waals surface area contributed by atoms with Crippen LogP contribution in [0.3, 0.4) is 0 Å². The first-order valence-corrected chi connectivity index (χ1v) is 27.1. The van der Waals surface area contributed by atoms with Gasteiger partial charge in [0.15, 0.2) is 0 Å². The summed E-state index contributed by atoms with van der Waals surface area (Å²) < 4.78 is 18.3. The maximum Gasteiger partial charge on any atom is 0.215 e. The van der Waals surface area contributed by atoms with Gasteiger partial charge in [-0.25, -0.2) is 9.97 Å². The smallest absolute Gasteiger partial charge is 0.215 e. The molecule has 0 unspecified atom stereocenters. The number of pyridine rings is 1. The molecule has 0 saturated heterocycles. The molecular formula is C70H60N4O3. The van der Waals surface area contributed by atoms with Crippen LogP contribution < -0.4 is 0 Å². The number of aromatic nitrogens is 4. The van der Waals surface area contributed by atoms with Gasteiger partial charge >= 0.3 is 0 Å². The third-order valence-electron chi connectivity index (χ3n) is 16.2. The van der Waals surface area contributed by atoms with Crippen molar-refractivity contribution in [3.05, 3.63) is 186 Å². The van der Waals surface area contributed by atoms with Gasteiger partial charge in [-0.05, 0) is 121 Å². The van der Waals surface area contributed by atoms with E-state index >= 15 is 0 Å². The number of phenolic OH excluding ortho intramolecular Hbond substituents is 1. The van der Waals surface area contributed by atoms with Gasteiger partial charge in [-0.15, -0.1) is 0 Å². The molecule has 0 saturated carbocycles. The Bertz CT molecular complexity index is 4750. The Morgan fingerprint density at radius 1 is 0.481 bits per heavy atom. The van der Waals surface area contributed by atoms with E-state index in [1.54, 1.807) is 0 Å². The summed E-state index contributed by atoms with van der Waals surface area (Å²) in [5, 5.41) is 21.4.